The van der Waals surface area contributed by atoms with E-state index in [4.69, 9.17) is 9.72 Å². The third-order valence-electron chi connectivity index (χ3n) is 4.68. The van der Waals surface area contributed by atoms with Crippen LogP contribution in [0.2, 0.25) is 0 Å². The molecule has 1 aromatic heterocycles. The molecule has 0 bridgehead atoms. The Labute approximate surface area is 161 Å². The molecule has 7 heteroatoms. The number of benzene rings is 2. The molecule has 142 valence electrons. The lowest BCUT2D eigenvalue weighted by Gasteiger charge is -2.40. The van der Waals surface area contributed by atoms with Gasteiger partial charge in [0, 0.05) is 11.4 Å². The van der Waals surface area contributed by atoms with Crippen LogP contribution in [0.25, 0.3) is 10.9 Å². The Morgan fingerprint density at radius 2 is 1.82 bits per heavy atom. The maximum atomic E-state index is 13.0. The number of methoxy groups -OCH3 is 1. The Balaban J connectivity index is 1.86. The predicted molar refractivity (Wildman–Crippen MR) is 108 cm³/mol. The maximum absolute atomic E-state index is 13.0. The summed E-state index contributed by atoms with van der Waals surface area (Å²) in [4.78, 5) is 31.8. The summed E-state index contributed by atoms with van der Waals surface area (Å²) in [5.74, 6) is 1.14. The van der Waals surface area contributed by atoms with Gasteiger partial charge in [0.15, 0.2) is 5.82 Å². The van der Waals surface area contributed by atoms with Gasteiger partial charge in [-0.25, -0.2) is 4.98 Å². The molecule has 0 aliphatic carbocycles. The molecule has 1 atom stereocenters. The molecule has 4 rings (SSSR count). The Bertz CT molecular complexity index is 1140. The van der Waals surface area contributed by atoms with Gasteiger partial charge in [-0.2, -0.15) is 9.78 Å². The van der Waals surface area contributed by atoms with Crippen LogP contribution in [0.1, 0.15) is 32.1 Å². The van der Waals surface area contributed by atoms with E-state index in [0.29, 0.717) is 22.5 Å². The second kappa shape index (κ2) is 6.92. The highest BCUT2D eigenvalue weighted by Crippen LogP contribution is 2.38. The number of fused-ring (bicyclic) bond motifs is 1. The van der Waals surface area contributed by atoms with Crippen molar-refractivity contribution in [2.75, 3.05) is 12.0 Å². The van der Waals surface area contributed by atoms with Crippen LogP contribution >= 0.6 is 0 Å². The molecule has 1 saturated heterocycles. The number of para-hydroxylation sites is 1. The summed E-state index contributed by atoms with van der Waals surface area (Å²) in [6.07, 6.45) is 0.273. The van der Waals surface area contributed by atoms with Crippen molar-refractivity contribution in [1.29, 1.82) is 0 Å². The largest absolute Gasteiger partial charge is 0.497 e. The Morgan fingerprint density at radius 1 is 1.11 bits per heavy atom. The second-order valence-corrected chi connectivity index (χ2v) is 6.83. The SMILES string of the molecule is COc1ccc(N2C(=O)CC2c2nc3ccccc3c(=O)n2N=C(C)C)cc1. The monoisotopic (exact) mass is 376 g/mol. The number of rotatable bonds is 4. The zero-order valence-electron chi connectivity index (χ0n) is 15.9. The van der Waals surface area contributed by atoms with Crippen LogP contribution < -0.4 is 15.2 Å². The molecule has 1 amide bonds. The topological polar surface area (TPSA) is 76.8 Å². The third kappa shape index (κ3) is 2.94. The van der Waals surface area contributed by atoms with Gasteiger partial charge in [-0.15, -0.1) is 0 Å². The lowest BCUT2D eigenvalue weighted by molar-refractivity contribution is -0.124. The van der Waals surface area contributed by atoms with Gasteiger partial charge in [0.25, 0.3) is 5.56 Å². The highest BCUT2D eigenvalue weighted by Gasteiger charge is 2.41. The van der Waals surface area contributed by atoms with Gasteiger partial charge < -0.3 is 9.64 Å². The number of aromatic nitrogens is 2. The fraction of sp³-hybridized carbons (Fsp3) is 0.238. The van der Waals surface area contributed by atoms with Gasteiger partial charge in [0.05, 0.1) is 24.4 Å². The van der Waals surface area contributed by atoms with Gasteiger partial charge in [0.1, 0.15) is 11.8 Å². The first kappa shape index (κ1) is 17.9. The summed E-state index contributed by atoms with van der Waals surface area (Å²) in [5, 5.41) is 4.89. The van der Waals surface area contributed by atoms with E-state index in [1.165, 1.54) is 4.68 Å². The zero-order chi connectivity index (χ0) is 19.8. The van der Waals surface area contributed by atoms with E-state index in [-0.39, 0.29) is 23.9 Å². The van der Waals surface area contributed by atoms with Gasteiger partial charge in [-0.1, -0.05) is 12.1 Å². The molecular weight excluding hydrogens is 356 g/mol. The molecule has 7 nitrogen and oxygen atoms in total. The van der Waals surface area contributed by atoms with E-state index in [1.807, 2.05) is 32.0 Å². The minimum atomic E-state index is -0.360. The zero-order valence-corrected chi connectivity index (χ0v) is 15.9. The lowest BCUT2D eigenvalue weighted by Crippen LogP contribution is -2.48. The molecule has 28 heavy (non-hydrogen) atoms. The summed E-state index contributed by atoms with van der Waals surface area (Å²) in [6.45, 7) is 3.64. The molecule has 2 aromatic carbocycles. The van der Waals surface area contributed by atoms with Gasteiger partial charge in [0.2, 0.25) is 5.91 Å². The molecule has 1 fully saturated rings. The van der Waals surface area contributed by atoms with Crippen molar-refractivity contribution < 1.29 is 9.53 Å². The molecular formula is C21H20N4O3. The number of ether oxygens (including phenoxy) is 1. The second-order valence-electron chi connectivity index (χ2n) is 6.83. The van der Waals surface area contributed by atoms with Crippen LogP contribution in [-0.4, -0.2) is 28.4 Å². The standard InChI is InChI=1S/C21H20N4O3/c1-13(2)23-25-20(22-17-7-5-4-6-16(17)21(25)27)18-12-19(26)24(18)14-8-10-15(28-3)11-9-14/h4-11,18H,12H2,1-3H3. The molecule has 0 N–H and O–H groups in total. The van der Waals surface area contributed by atoms with E-state index in [0.717, 1.165) is 11.4 Å². The van der Waals surface area contributed by atoms with Crippen molar-refractivity contribution in [2.24, 2.45) is 5.10 Å². The van der Waals surface area contributed by atoms with Crippen LogP contribution in [0, 0.1) is 0 Å². The summed E-state index contributed by atoms with van der Waals surface area (Å²) in [5.41, 5.74) is 1.81. The predicted octanol–water partition coefficient (Wildman–Crippen LogP) is 3.13. The molecule has 1 aliphatic heterocycles. The fourth-order valence-corrected chi connectivity index (χ4v) is 3.34. The van der Waals surface area contributed by atoms with Gasteiger partial charge >= 0.3 is 0 Å². The first-order valence-corrected chi connectivity index (χ1v) is 8.99. The number of amides is 1. The summed E-state index contributed by atoms with van der Waals surface area (Å²) >= 11 is 0. The maximum Gasteiger partial charge on any atom is 0.282 e. The van der Waals surface area contributed by atoms with Crippen molar-refractivity contribution in [1.82, 2.24) is 9.66 Å². The molecule has 0 spiro atoms. The Kier molecular flexibility index (Phi) is 4.43. The Hall–Kier alpha value is -3.48. The van der Waals surface area contributed by atoms with Gasteiger partial charge in [-0.05, 0) is 50.2 Å². The van der Waals surface area contributed by atoms with Crippen molar-refractivity contribution in [3.8, 4) is 5.75 Å². The van der Waals surface area contributed by atoms with Crippen LogP contribution in [0.3, 0.4) is 0 Å². The minimum Gasteiger partial charge on any atom is -0.497 e. The van der Waals surface area contributed by atoms with E-state index in [1.54, 1.807) is 42.3 Å². The average molecular weight is 376 g/mol. The number of anilines is 1. The highest BCUT2D eigenvalue weighted by atomic mass is 16.5. The lowest BCUT2D eigenvalue weighted by atomic mass is 9.99. The van der Waals surface area contributed by atoms with Crippen LogP contribution in [0.15, 0.2) is 58.4 Å². The number of carbonyl (C=O) groups excluding carboxylic acids is 1. The van der Waals surface area contributed by atoms with E-state index < -0.39 is 0 Å². The minimum absolute atomic E-state index is 0.0266. The van der Waals surface area contributed by atoms with E-state index >= 15 is 0 Å². The quantitative estimate of drug-likeness (QED) is 0.518. The summed E-state index contributed by atoms with van der Waals surface area (Å²) in [6, 6.07) is 14.0. The van der Waals surface area contributed by atoms with Crippen molar-refractivity contribution in [3.63, 3.8) is 0 Å². The van der Waals surface area contributed by atoms with E-state index in [2.05, 4.69) is 5.10 Å². The molecule has 0 radical (unpaired) electrons. The van der Waals surface area contributed by atoms with Crippen molar-refractivity contribution in [3.05, 3.63) is 64.7 Å². The Morgan fingerprint density at radius 3 is 2.46 bits per heavy atom. The fourth-order valence-electron chi connectivity index (χ4n) is 3.34. The number of carbonyl (C=O) groups is 1. The van der Waals surface area contributed by atoms with Crippen molar-refractivity contribution in [2.45, 2.75) is 26.3 Å². The highest BCUT2D eigenvalue weighted by molar-refractivity contribution is 6.01. The molecule has 3 aromatic rings. The van der Waals surface area contributed by atoms with Crippen LogP contribution in [0.4, 0.5) is 5.69 Å². The number of β-lactam (4-membered cyclic amide) rings is 1. The number of nitrogens with zero attached hydrogens (tertiary/aromatic N) is 4. The molecule has 1 unspecified atom stereocenters. The number of hydrogen-bond acceptors (Lipinski definition) is 5. The normalized spacial score (nSPS) is 16.0. The van der Waals surface area contributed by atoms with Crippen LogP contribution in [0.5, 0.6) is 5.75 Å². The summed E-state index contributed by atoms with van der Waals surface area (Å²) in [7, 11) is 1.59. The smallest absolute Gasteiger partial charge is 0.282 e. The third-order valence-corrected chi connectivity index (χ3v) is 4.68. The number of hydrogen-bond donors (Lipinski definition) is 0. The van der Waals surface area contributed by atoms with Crippen molar-refractivity contribution >= 4 is 28.2 Å². The molecule has 1 aliphatic rings. The molecule has 0 saturated carbocycles. The first-order chi connectivity index (χ1) is 13.5. The average Bonchev–Trinajstić information content (AvgIpc) is 2.68. The van der Waals surface area contributed by atoms with E-state index in [9.17, 15) is 9.59 Å². The van der Waals surface area contributed by atoms with Gasteiger partial charge in [-0.3, -0.25) is 9.59 Å². The summed E-state index contributed by atoms with van der Waals surface area (Å²) < 4.78 is 6.51. The molecule has 2 heterocycles. The van der Waals surface area contributed by atoms with Crippen LogP contribution in [-0.2, 0) is 4.79 Å². The first-order valence-electron chi connectivity index (χ1n) is 8.99.